The van der Waals surface area contributed by atoms with Crippen molar-refractivity contribution in [1.82, 2.24) is 14.9 Å². The molecule has 3 heterocycles. The molecule has 3 aromatic rings. The molecule has 1 atom stereocenters. The normalized spacial score (nSPS) is 17.6. The van der Waals surface area contributed by atoms with Gasteiger partial charge in [-0.25, -0.2) is 9.97 Å². The Hall–Kier alpha value is -2.69. The van der Waals surface area contributed by atoms with Gasteiger partial charge in [-0.05, 0) is 57.0 Å². The summed E-state index contributed by atoms with van der Waals surface area (Å²) in [6.45, 7) is 4.55. The lowest BCUT2D eigenvalue weighted by Gasteiger charge is -2.24. The first kappa shape index (κ1) is 14.9. The van der Waals surface area contributed by atoms with Gasteiger partial charge in [-0.3, -0.25) is 4.79 Å². The largest absolute Gasteiger partial charge is 0.461 e. The molecular formula is C19H19N3O2. The zero-order valence-electron chi connectivity index (χ0n) is 13.8. The van der Waals surface area contributed by atoms with E-state index < -0.39 is 0 Å². The standard InChI is InChI=1S/C19H19N3O2/c1-12-10-15-11-14(5-6-18(15)24-12)19(23)22-9-3-4-17(22)16-7-8-20-13(2)21-16/h5-8,10-11,17H,3-4,9H2,1-2H3/t17-/m1/s1. The van der Waals surface area contributed by atoms with E-state index in [1.165, 1.54) is 0 Å². The average molecular weight is 321 g/mol. The maximum absolute atomic E-state index is 13.0. The van der Waals surface area contributed by atoms with E-state index in [2.05, 4.69) is 9.97 Å². The maximum Gasteiger partial charge on any atom is 0.254 e. The summed E-state index contributed by atoms with van der Waals surface area (Å²) < 4.78 is 5.59. The Labute approximate surface area is 140 Å². The third-order valence-electron chi connectivity index (χ3n) is 4.54. The minimum atomic E-state index is 0.0287. The van der Waals surface area contributed by atoms with Gasteiger partial charge >= 0.3 is 0 Å². The Morgan fingerprint density at radius 2 is 2.12 bits per heavy atom. The molecule has 5 nitrogen and oxygen atoms in total. The molecule has 24 heavy (non-hydrogen) atoms. The summed E-state index contributed by atoms with van der Waals surface area (Å²) in [5, 5.41) is 0.965. The zero-order chi connectivity index (χ0) is 16.7. The minimum absolute atomic E-state index is 0.0287. The maximum atomic E-state index is 13.0. The number of fused-ring (bicyclic) bond motifs is 1. The van der Waals surface area contributed by atoms with E-state index in [1.807, 2.05) is 49.1 Å². The average Bonchev–Trinajstić information content (AvgIpc) is 3.18. The molecule has 0 spiro atoms. The second-order valence-electron chi connectivity index (χ2n) is 6.29. The van der Waals surface area contributed by atoms with Gasteiger partial charge in [0.1, 0.15) is 17.2 Å². The predicted molar refractivity (Wildman–Crippen MR) is 90.7 cm³/mol. The van der Waals surface area contributed by atoms with Crippen LogP contribution in [0.4, 0.5) is 0 Å². The van der Waals surface area contributed by atoms with Crippen molar-refractivity contribution in [3.8, 4) is 0 Å². The molecule has 5 heteroatoms. The number of hydrogen-bond donors (Lipinski definition) is 0. The number of amides is 1. The fourth-order valence-electron chi connectivity index (χ4n) is 3.45. The lowest BCUT2D eigenvalue weighted by molar-refractivity contribution is 0.0733. The third-order valence-corrected chi connectivity index (χ3v) is 4.54. The first-order valence-corrected chi connectivity index (χ1v) is 8.22. The number of likely N-dealkylation sites (tertiary alicyclic amines) is 1. The molecule has 0 bridgehead atoms. The number of furan rings is 1. The Balaban J connectivity index is 1.66. The molecule has 0 N–H and O–H groups in total. The van der Waals surface area contributed by atoms with E-state index in [4.69, 9.17) is 4.42 Å². The zero-order valence-corrected chi connectivity index (χ0v) is 13.8. The van der Waals surface area contributed by atoms with Crippen molar-refractivity contribution < 1.29 is 9.21 Å². The van der Waals surface area contributed by atoms with Crippen molar-refractivity contribution in [2.75, 3.05) is 6.54 Å². The minimum Gasteiger partial charge on any atom is -0.461 e. The summed E-state index contributed by atoms with van der Waals surface area (Å²) in [4.78, 5) is 23.6. The van der Waals surface area contributed by atoms with Gasteiger partial charge in [-0.15, -0.1) is 0 Å². The Morgan fingerprint density at radius 1 is 1.25 bits per heavy atom. The molecule has 4 rings (SSSR count). The van der Waals surface area contributed by atoms with Gasteiger partial charge in [0.25, 0.3) is 5.91 Å². The highest BCUT2D eigenvalue weighted by molar-refractivity contribution is 5.98. The molecule has 1 amide bonds. The molecule has 0 radical (unpaired) electrons. The molecule has 1 aromatic carbocycles. The number of nitrogens with zero attached hydrogens (tertiary/aromatic N) is 3. The Bertz CT molecular complexity index is 916. The monoisotopic (exact) mass is 321 g/mol. The van der Waals surface area contributed by atoms with E-state index in [1.54, 1.807) is 6.20 Å². The number of carbonyl (C=O) groups is 1. The molecule has 0 saturated carbocycles. The first-order chi connectivity index (χ1) is 11.6. The van der Waals surface area contributed by atoms with Crippen LogP contribution in [0.25, 0.3) is 11.0 Å². The topological polar surface area (TPSA) is 59.2 Å². The van der Waals surface area contributed by atoms with E-state index >= 15 is 0 Å². The SMILES string of the molecule is Cc1nccc([C@H]2CCCN2C(=O)c2ccc3oc(C)cc3c2)n1. The molecule has 122 valence electrons. The molecule has 0 unspecified atom stereocenters. The van der Waals surface area contributed by atoms with Crippen LogP contribution in [0.3, 0.4) is 0 Å². The van der Waals surface area contributed by atoms with Crippen LogP contribution in [-0.4, -0.2) is 27.3 Å². The molecule has 2 aromatic heterocycles. The second-order valence-corrected chi connectivity index (χ2v) is 6.29. The molecule has 1 aliphatic heterocycles. The molecule has 1 fully saturated rings. The van der Waals surface area contributed by atoms with Gasteiger partial charge in [-0.2, -0.15) is 0 Å². The lowest BCUT2D eigenvalue weighted by Crippen LogP contribution is -2.31. The highest BCUT2D eigenvalue weighted by Crippen LogP contribution is 2.32. The number of hydrogen-bond acceptors (Lipinski definition) is 4. The van der Waals surface area contributed by atoms with Crippen LogP contribution < -0.4 is 0 Å². The van der Waals surface area contributed by atoms with Crippen molar-refractivity contribution in [3.63, 3.8) is 0 Å². The second kappa shape index (κ2) is 5.74. The van der Waals surface area contributed by atoms with Gasteiger partial charge < -0.3 is 9.32 Å². The third kappa shape index (κ3) is 2.56. The summed E-state index contributed by atoms with van der Waals surface area (Å²) in [5.74, 6) is 1.64. The lowest BCUT2D eigenvalue weighted by atomic mass is 10.1. The fraction of sp³-hybridized carbons (Fsp3) is 0.316. The van der Waals surface area contributed by atoms with Crippen molar-refractivity contribution in [2.24, 2.45) is 0 Å². The van der Waals surface area contributed by atoms with Crippen LogP contribution >= 0.6 is 0 Å². The highest BCUT2D eigenvalue weighted by Gasteiger charge is 2.31. The van der Waals surface area contributed by atoms with E-state index in [9.17, 15) is 4.79 Å². The Morgan fingerprint density at radius 3 is 2.96 bits per heavy atom. The van der Waals surface area contributed by atoms with Crippen LogP contribution in [0, 0.1) is 13.8 Å². The number of carbonyl (C=O) groups excluding carboxylic acids is 1. The van der Waals surface area contributed by atoms with Crippen molar-refractivity contribution in [2.45, 2.75) is 32.7 Å². The van der Waals surface area contributed by atoms with E-state index in [0.717, 1.165) is 47.6 Å². The van der Waals surface area contributed by atoms with Crippen LogP contribution in [0.1, 0.15) is 46.5 Å². The summed E-state index contributed by atoms with van der Waals surface area (Å²) in [5.41, 5.74) is 2.43. The highest BCUT2D eigenvalue weighted by atomic mass is 16.3. The summed E-state index contributed by atoms with van der Waals surface area (Å²) >= 11 is 0. The fourth-order valence-corrected chi connectivity index (χ4v) is 3.45. The molecule has 1 saturated heterocycles. The summed E-state index contributed by atoms with van der Waals surface area (Å²) in [6.07, 6.45) is 3.70. The first-order valence-electron chi connectivity index (χ1n) is 8.22. The van der Waals surface area contributed by atoms with E-state index in [-0.39, 0.29) is 11.9 Å². The van der Waals surface area contributed by atoms with Gasteiger partial charge in [-0.1, -0.05) is 0 Å². The van der Waals surface area contributed by atoms with Crippen molar-refractivity contribution >= 4 is 16.9 Å². The number of aromatic nitrogens is 2. The number of benzene rings is 1. The summed E-state index contributed by atoms with van der Waals surface area (Å²) in [6, 6.07) is 9.52. The molecule has 1 aliphatic rings. The van der Waals surface area contributed by atoms with Crippen LogP contribution in [0.2, 0.25) is 0 Å². The van der Waals surface area contributed by atoms with Crippen LogP contribution in [0.5, 0.6) is 0 Å². The molecular weight excluding hydrogens is 302 g/mol. The molecule has 0 aliphatic carbocycles. The summed E-state index contributed by atoms with van der Waals surface area (Å²) in [7, 11) is 0. The van der Waals surface area contributed by atoms with Crippen molar-refractivity contribution in [1.29, 1.82) is 0 Å². The van der Waals surface area contributed by atoms with Gasteiger partial charge in [0, 0.05) is 23.7 Å². The number of rotatable bonds is 2. The van der Waals surface area contributed by atoms with Crippen molar-refractivity contribution in [3.05, 3.63) is 59.4 Å². The van der Waals surface area contributed by atoms with Gasteiger partial charge in [0.15, 0.2) is 0 Å². The van der Waals surface area contributed by atoms with Gasteiger partial charge in [0.05, 0.1) is 11.7 Å². The predicted octanol–water partition coefficient (Wildman–Crippen LogP) is 3.82. The van der Waals surface area contributed by atoms with Crippen LogP contribution in [-0.2, 0) is 0 Å². The smallest absolute Gasteiger partial charge is 0.254 e. The van der Waals surface area contributed by atoms with E-state index in [0.29, 0.717) is 5.56 Å². The Kier molecular flexibility index (Phi) is 3.56. The van der Waals surface area contributed by atoms with Gasteiger partial charge in [0.2, 0.25) is 0 Å². The van der Waals surface area contributed by atoms with Crippen LogP contribution in [0.15, 0.2) is 40.9 Å². The number of aryl methyl sites for hydroxylation is 2. The quantitative estimate of drug-likeness (QED) is 0.720.